The Morgan fingerprint density at radius 2 is 1.95 bits per heavy atom. The second-order valence-corrected chi connectivity index (χ2v) is 5.71. The van der Waals surface area contributed by atoms with Crippen LogP contribution < -0.4 is 5.32 Å². The first-order valence-corrected chi connectivity index (χ1v) is 7.20. The van der Waals surface area contributed by atoms with Gasteiger partial charge in [-0.25, -0.2) is 0 Å². The molecule has 0 bridgehead atoms. The van der Waals surface area contributed by atoms with Crippen molar-refractivity contribution >= 4 is 0 Å². The SMILES string of the molecule is C[C@H](CNCC1(CO)CCOCC1)c1ccccc1. The van der Waals surface area contributed by atoms with Crippen LogP contribution in [0.3, 0.4) is 0 Å². The molecule has 0 radical (unpaired) electrons. The van der Waals surface area contributed by atoms with Crippen molar-refractivity contribution in [2.75, 3.05) is 32.9 Å². The van der Waals surface area contributed by atoms with Crippen molar-refractivity contribution in [3.05, 3.63) is 35.9 Å². The molecule has 0 spiro atoms. The smallest absolute Gasteiger partial charge is 0.0501 e. The molecule has 1 heterocycles. The summed E-state index contributed by atoms with van der Waals surface area (Å²) in [6.45, 7) is 5.87. The van der Waals surface area contributed by atoms with E-state index in [1.165, 1.54) is 5.56 Å². The van der Waals surface area contributed by atoms with Gasteiger partial charge in [0.05, 0.1) is 6.61 Å². The zero-order chi connectivity index (χ0) is 13.6. The second-order valence-electron chi connectivity index (χ2n) is 5.71. The molecule has 1 aromatic carbocycles. The summed E-state index contributed by atoms with van der Waals surface area (Å²) < 4.78 is 5.38. The van der Waals surface area contributed by atoms with Gasteiger partial charge in [-0.3, -0.25) is 0 Å². The Hall–Kier alpha value is -0.900. The van der Waals surface area contributed by atoms with Gasteiger partial charge in [-0.05, 0) is 24.3 Å². The Balaban J connectivity index is 1.79. The van der Waals surface area contributed by atoms with Gasteiger partial charge < -0.3 is 15.2 Å². The van der Waals surface area contributed by atoms with Crippen LogP contribution in [0.25, 0.3) is 0 Å². The third kappa shape index (κ3) is 4.03. The van der Waals surface area contributed by atoms with Crippen molar-refractivity contribution in [1.29, 1.82) is 0 Å². The van der Waals surface area contributed by atoms with Crippen molar-refractivity contribution in [1.82, 2.24) is 5.32 Å². The summed E-state index contributed by atoms with van der Waals surface area (Å²) in [5.41, 5.74) is 1.38. The average Bonchev–Trinajstić information content (AvgIpc) is 2.49. The first kappa shape index (κ1) is 14.5. The quantitative estimate of drug-likeness (QED) is 0.826. The van der Waals surface area contributed by atoms with Gasteiger partial charge >= 0.3 is 0 Å². The van der Waals surface area contributed by atoms with Gasteiger partial charge in [0.15, 0.2) is 0 Å². The van der Waals surface area contributed by atoms with Gasteiger partial charge in [-0.15, -0.1) is 0 Å². The van der Waals surface area contributed by atoms with Crippen LogP contribution in [0.1, 0.15) is 31.2 Å². The molecule has 3 heteroatoms. The van der Waals surface area contributed by atoms with E-state index >= 15 is 0 Å². The number of nitrogens with one attached hydrogen (secondary N) is 1. The maximum Gasteiger partial charge on any atom is 0.0501 e. The molecule has 0 saturated carbocycles. The largest absolute Gasteiger partial charge is 0.396 e. The highest BCUT2D eigenvalue weighted by Crippen LogP contribution is 2.29. The molecule has 1 aliphatic heterocycles. The molecule has 3 nitrogen and oxygen atoms in total. The third-order valence-corrected chi connectivity index (χ3v) is 4.21. The minimum Gasteiger partial charge on any atom is -0.396 e. The molecule has 106 valence electrons. The highest BCUT2D eigenvalue weighted by molar-refractivity contribution is 5.18. The van der Waals surface area contributed by atoms with Gasteiger partial charge in [0, 0.05) is 31.7 Å². The lowest BCUT2D eigenvalue weighted by Gasteiger charge is -2.36. The highest BCUT2D eigenvalue weighted by Gasteiger charge is 2.31. The number of hydrogen-bond donors (Lipinski definition) is 2. The lowest BCUT2D eigenvalue weighted by atomic mass is 9.81. The molecule has 1 fully saturated rings. The van der Waals surface area contributed by atoms with E-state index in [4.69, 9.17) is 4.74 Å². The maximum atomic E-state index is 9.63. The Kier molecular flexibility index (Phi) is 5.37. The highest BCUT2D eigenvalue weighted by atomic mass is 16.5. The van der Waals surface area contributed by atoms with Gasteiger partial charge in [0.2, 0.25) is 0 Å². The Morgan fingerprint density at radius 1 is 1.26 bits per heavy atom. The fourth-order valence-corrected chi connectivity index (χ4v) is 2.65. The molecule has 1 aromatic rings. The van der Waals surface area contributed by atoms with Crippen molar-refractivity contribution in [2.45, 2.75) is 25.7 Å². The summed E-state index contributed by atoms with van der Waals surface area (Å²) in [5.74, 6) is 0.497. The first-order chi connectivity index (χ1) is 9.26. The summed E-state index contributed by atoms with van der Waals surface area (Å²) in [4.78, 5) is 0. The minimum absolute atomic E-state index is 0.0225. The molecule has 1 aliphatic rings. The fraction of sp³-hybridized carbons (Fsp3) is 0.625. The third-order valence-electron chi connectivity index (χ3n) is 4.21. The Morgan fingerprint density at radius 3 is 2.58 bits per heavy atom. The fourth-order valence-electron chi connectivity index (χ4n) is 2.65. The van der Waals surface area contributed by atoms with Gasteiger partial charge in [-0.2, -0.15) is 0 Å². The number of ether oxygens (including phenoxy) is 1. The summed E-state index contributed by atoms with van der Waals surface area (Å²) in [6, 6.07) is 10.6. The number of hydrogen-bond acceptors (Lipinski definition) is 3. The van der Waals surface area contributed by atoms with Crippen LogP contribution in [0, 0.1) is 5.41 Å². The standard InChI is InChI=1S/C16H25NO2/c1-14(15-5-3-2-4-6-15)11-17-12-16(13-18)7-9-19-10-8-16/h2-6,14,17-18H,7-13H2,1H3/t14-/m1/s1. The van der Waals surface area contributed by atoms with Gasteiger partial charge in [0.25, 0.3) is 0 Å². The minimum atomic E-state index is 0.0225. The van der Waals surface area contributed by atoms with Crippen LogP contribution in [0.2, 0.25) is 0 Å². The molecular formula is C16H25NO2. The van der Waals surface area contributed by atoms with E-state index in [1.807, 2.05) is 6.07 Å². The lowest BCUT2D eigenvalue weighted by Crippen LogP contribution is -2.42. The summed E-state index contributed by atoms with van der Waals surface area (Å²) >= 11 is 0. The van der Waals surface area contributed by atoms with E-state index in [-0.39, 0.29) is 12.0 Å². The number of rotatable bonds is 6. The topological polar surface area (TPSA) is 41.5 Å². The van der Waals surface area contributed by atoms with Crippen LogP contribution in [0.5, 0.6) is 0 Å². The first-order valence-electron chi connectivity index (χ1n) is 7.20. The molecular weight excluding hydrogens is 238 g/mol. The van der Waals surface area contributed by atoms with Crippen LogP contribution >= 0.6 is 0 Å². The van der Waals surface area contributed by atoms with E-state index in [0.29, 0.717) is 5.92 Å². The van der Waals surface area contributed by atoms with E-state index in [2.05, 4.69) is 36.5 Å². The Labute approximate surface area is 116 Å². The normalized spacial score (nSPS) is 20.1. The van der Waals surface area contributed by atoms with Crippen molar-refractivity contribution < 1.29 is 9.84 Å². The molecule has 0 amide bonds. The number of aliphatic hydroxyl groups is 1. The average molecular weight is 263 g/mol. The molecule has 2 N–H and O–H groups in total. The zero-order valence-electron chi connectivity index (χ0n) is 11.8. The zero-order valence-corrected chi connectivity index (χ0v) is 11.8. The van der Waals surface area contributed by atoms with Crippen LogP contribution in [0.15, 0.2) is 30.3 Å². The maximum absolute atomic E-state index is 9.63. The van der Waals surface area contributed by atoms with Gasteiger partial charge in [-0.1, -0.05) is 37.3 Å². The molecule has 1 atom stereocenters. The summed E-state index contributed by atoms with van der Waals surface area (Å²) in [5, 5.41) is 13.2. The predicted molar refractivity (Wildman–Crippen MR) is 77.3 cm³/mol. The molecule has 0 aliphatic carbocycles. The van der Waals surface area contributed by atoms with E-state index in [9.17, 15) is 5.11 Å². The lowest BCUT2D eigenvalue weighted by molar-refractivity contribution is -0.0152. The molecule has 2 rings (SSSR count). The van der Waals surface area contributed by atoms with Crippen LogP contribution in [-0.2, 0) is 4.74 Å². The second kappa shape index (κ2) is 7.04. The molecule has 1 saturated heterocycles. The monoisotopic (exact) mass is 263 g/mol. The van der Waals surface area contributed by atoms with E-state index in [1.54, 1.807) is 0 Å². The van der Waals surface area contributed by atoms with Crippen molar-refractivity contribution in [2.24, 2.45) is 5.41 Å². The predicted octanol–water partition coefficient (Wildman–Crippen LogP) is 2.17. The Bertz CT molecular complexity index is 360. The summed E-state index contributed by atoms with van der Waals surface area (Å²) in [6.07, 6.45) is 1.91. The van der Waals surface area contributed by atoms with Gasteiger partial charge in [0.1, 0.15) is 0 Å². The summed E-state index contributed by atoms with van der Waals surface area (Å²) in [7, 11) is 0. The van der Waals surface area contributed by atoms with E-state index in [0.717, 1.165) is 39.1 Å². The van der Waals surface area contributed by atoms with Crippen LogP contribution in [-0.4, -0.2) is 38.0 Å². The van der Waals surface area contributed by atoms with Crippen LogP contribution in [0.4, 0.5) is 0 Å². The number of aliphatic hydroxyl groups excluding tert-OH is 1. The molecule has 0 unspecified atom stereocenters. The van der Waals surface area contributed by atoms with Crippen molar-refractivity contribution in [3.63, 3.8) is 0 Å². The number of benzene rings is 1. The molecule has 19 heavy (non-hydrogen) atoms. The van der Waals surface area contributed by atoms with E-state index < -0.39 is 0 Å². The van der Waals surface area contributed by atoms with Crippen molar-refractivity contribution in [3.8, 4) is 0 Å². The molecule has 0 aromatic heterocycles.